The number of sulfone groups is 1. The number of halogens is 3. The van der Waals surface area contributed by atoms with Crippen molar-refractivity contribution >= 4 is 19.9 Å². The van der Waals surface area contributed by atoms with Crippen molar-refractivity contribution in [1.82, 2.24) is 4.72 Å². The van der Waals surface area contributed by atoms with Gasteiger partial charge in [0.15, 0.2) is 21.4 Å². The van der Waals surface area contributed by atoms with Crippen molar-refractivity contribution in [3.63, 3.8) is 0 Å². The van der Waals surface area contributed by atoms with Gasteiger partial charge in [0.25, 0.3) is 0 Å². The van der Waals surface area contributed by atoms with E-state index in [0.29, 0.717) is 5.56 Å². The Morgan fingerprint density at radius 3 is 2.36 bits per heavy atom. The molecule has 0 bridgehead atoms. The molecule has 2 aromatic carbocycles. The second kappa shape index (κ2) is 8.59. The summed E-state index contributed by atoms with van der Waals surface area (Å²) in [5.41, 5.74) is -0.0361. The molecule has 0 spiro atoms. The van der Waals surface area contributed by atoms with E-state index in [9.17, 15) is 25.6 Å². The lowest BCUT2D eigenvalue weighted by Gasteiger charge is -2.49. The van der Waals surface area contributed by atoms with Crippen LogP contribution in [0.5, 0.6) is 5.75 Å². The molecule has 11 heteroatoms. The van der Waals surface area contributed by atoms with E-state index in [1.807, 2.05) is 0 Å². The lowest BCUT2D eigenvalue weighted by Crippen LogP contribution is -2.53. The highest BCUT2D eigenvalue weighted by molar-refractivity contribution is 7.92. The van der Waals surface area contributed by atoms with Crippen LogP contribution >= 0.6 is 0 Å². The van der Waals surface area contributed by atoms with Gasteiger partial charge in [0.05, 0.1) is 23.3 Å². The lowest BCUT2D eigenvalue weighted by molar-refractivity contribution is 0.0992. The number of hydrogen-bond acceptors (Lipinski definition) is 5. The molecule has 0 saturated heterocycles. The SMILES string of the molecule is CS(=O)(=O)NC[C@@H]1CC[C@@]2(S(=O)(=O)c3ccc(CF)cc3)c3c(F)ccc(F)c3OC[C@H]2C1. The molecule has 0 aromatic heterocycles. The van der Waals surface area contributed by atoms with E-state index in [0.717, 1.165) is 18.4 Å². The van der Waals surface area contributed by atoms with Gasteiger partial charge in [-0.2, -0.15) is 0 Å². The third kappa shape index (κ3) is 4.15. The Bertz CT molecular complexity index is 1270. The average molecular weight is 504 g/mol. The number of sulfonamides is 1. The summed E-state index contributed by atoms with van der Waals surface area (Å²) in [6.07, 6.45) is 1.50. The van der Waals surface area contributed by atoms with Gasteiger partial charge in [-0.05, 0) is 55.0 Å². The van der Waals surface area contributed by atoms with Crippen molar-refractivity contribution in [2.24, 2.45) is 11.8 Å². The number of hydrogen-bond donors (Lipinski definition) is 1. The average Bonchev–Trinajstić information content (AvgIpc) is 2.78. The lowest BCUT2D eigenvalue weighted by atomic mass is 9.69. The van der Waals surface area contributed by atoms with Gasteiger partial charge in [-0.3, -0.25) is 0 Å². The fourth-order valence-corrected chi connectivity index (χ4v) is 7.93. The van der Waals surface area contributed by atoms with Crippen LogP contribution in [-0.4, -0.2) is 36.2 Å². The van der Waals surface area contributed by atoms with E-state index in [4.69, 9.17) is 4.74 Å². The molecule has 1 saturated carbocycles. The fourth-order valence-electron chi connectivity index (χ4n) is 5.03. The molecule has 4 rings (SSSR count). The predicted molar refractivity (Wildman–Crippen MR) is 116 cm³/mol. The predicted octanol–water partition coefficient (Wildman–Crippen LogP) is 3.46. The van der Waals surface area contributed by atoms with Gasteiger partial charge in [0.2, 0.25) is 10.0 Å². The quantitative estimate of drug-likeness (QED) is 0.652. The van der Waals surface area contributed by atoms with Gasteiger partial charge < -0.3 is 4.74 Å². The summed E-state index contributed by atoms with van der Waals surface area (Å²) in [5, 5.41) is 0. The molecule has 180 valence electrons. The van der Waals surface area contributed by atoms with Crippen molar-refractivity contribution in [2.75, 3.05) is 19.4 Å². The summed E-state index contributed by atoms with van der Waals surface area (Å²) in [6, 6.07) is 7.04. The second-order valence-corrected chi connectivity index (χ2v) is 12.7. The number of alkyl halides is 1. The van der Waals surface area contributed by atoms with Crippen molar-refractivity contribution in [3.05, 3.63) is 59.2 Å². The standard InChI is InChI=1S/C22H24F3NO5S2/c1-32(27,28)26-12-15-8-9-22(33(29,30)17-4-2-14(11-23)3-5-17)16(10-15)13-31-21-19(25)7-6-18(24)20(21)22/h2-7,15-16,26H,8-13H2,1H3/t15-,16-,22+/m1/s1. The Morgan fingerprint density at radius 1 is 1.06 bits per heavy atom. The van der Waals surface area contributed by atoms with Crippen LogP contribution in [0, 0.1) is 23.5 Å². The van der Waals surface area contributed by atoms with Crippen LogP contribution in [-0.2, 0) is 31.3 Å². The highest BCUT2D eigenvalue weighted by Gasteiger charge is 2.59. The Labute approximate surface area is 191 Å². The van der Waals surface area contributed by atoms with Crippen LogP contribution in [0.1, 0.15) is 30.4 Å². The van der Waals surface area contributed by atoms with Crippen LogP contribution in [0.25, 0.3) is 0 Å². The molecule has 2 aromatic rings. The first-order valence-corrected chi connectivity index (χ1v) is 13.8. The molecular weight excluding hydrogens is 479 g/mol. The van der Waals surface area contributed by atoms with E-state index in [2.05, 4.69) is 4.72 Å². The normalized spacial score (nSPS) is 25.1. The first-order chi connectivity index (χ1) is 15.5. The molecule has 1 aliphatic carbocycles. The van der Waals surface area contributed by atoms with Crippen molar-refractivity contribution in [1.29, 1.82) is 0 Å². The third-order valence-electron chi connectivity index (χ3n) is 6.61. The first kappa shape index (κ1) is 24.0. The molecule has 0 radical (unpaired) electrons. The van der Waals surface area contributed by atoms with E-state index < -0.39 is 54.6 Å². The Balaban J connectivity index is 1.84. The minimum Gasteiger partial charge on any atom is -0.490 e. The van der Waals surface area contributed by atoms with E-state index in [1.54, 1.807) is 0 Å². The monoisotopic (exact) mass is 503 g/mol. The van der Waals surface area contributed by atoms with Crippen molar-refractivity contribution in [2.45, 2.75) is 35.6 Å². The Kier molecular flexibility index (Phi) is 6.25. The zero-order valence-corrected chi connectivity index (χ0v) is 19.5. The maximum atomic E-state index is 15.2. The molecule has 0 amide bonds. The summed E-state index contributed by atoms with van der Waals surface area (Å²) in [6.45, 7) is -0.820. The molecule has 1 heterocycles. The van der Waals surface area contributed by atoms with Crippen LogP contribution in [0.4, 0.5) is 13.2 Å². The van der Waals surface area contributed by atoms with Crippen LogP contribution < -0.4 is 9.46 Å². The van der Waals surface area contributed by atoms with Gasteiger partial charge in [-0.15, -0.1) is 0 Å². The molecule has 2 aliphatic rings. The van der Waals surface area contributed by atoms with E-state index in [1.165, 1.54) is 24.3 Å². The Morgan fingerprint density at radius 2 is 1.73 bits per heavy atom. The molecule has 1 N–H and O–H groups in total. The smallest absolute Gasteiger partial charge is 0.208 e. The van der Waals surface area contributed by atoms with Crippen LogP contribution in [0.2, 0.25) is 0 Å². The summed E-state index contributed by atoms with van der Waals surface area (Å²) in [4.78, 5) is -0.117. The highest BCUT2D eigenvalue weighted by atomic mass is 32.2. The number of nitrogens with one attached hydrogen (secondary N) is 1. The zero-order valence-electron chi connectivity index (χ0n) is 17.9. The highest BCUT2D eigenvalue weighted by Crippen LogP contribution is 2.57. The molecule has 1 fully saturated rings. The van der Waals surface area contributed by atoms with Crippen molar-refractivity contribution in [3.8, 4) is 5.75 Å². The van der Waals surface area contributed by atoms with Gasteiger partial charge in [-0.1, -0.05) is 12.1 Å². The van der Waals surface area contributed by atoms with Crippen molar-refractivity contribution < 1.29 is 34.7 Å². The van der Waals surface area contributed by atoms with Gasteiger partial charge in [0.1, 0.15) is 17.2 Å². The zero-order chi connectivity index (χ0) is 24.0. The fraction of sp³-hybridized carbons (Fsp3) is 0.455. The van der Waals surface area contributed by atoms with E-state index in [-0.39, 0.29) is 48.8 Å². The Hall–Kier alpha value is -2.11. The van der Waals surface area contributed by atoms with Gasteiger partial charge in [0, 0.05) is 12.5 Å². The molecule has 1 aliphatic heterocycles. The third-order valence-corrected chi connectivity index (χ3v) is 9.90. The summed E-state index contributed by atoms with van der Waals surface area (Å²) in [7, 11) is -7.72. The minimum atomic E-state index is -4.28. The molecular formula is C22H24F3NO5S2. The topological polar surface area (TPSA) is 89.5 Å². The van der Waals surface area contributed by atoms with Gasteiger partial charge >= 0.3 is 0 Å². The summed E-state index contributed by atoms with van der Waals surface area (Å²) in [5.74, 6) is -3.10. The summed E-state index contributed by atoms with van der Waals surface area (Å²) >= 11 is 0. The second-order valence-electron chi connectivity index (χ2n) is 8.67. The maximum Gasteiger partial charge on any atom is 0.208 e. The maximum absolute atomic E-state index is 15.2. The van der Waals surface area contributed by atoms with Crippen LogP contribution in [0.3, 0.4) is 0 Å². The molecule has 3 atom stereocenters. The molecule has 33 heavy (non-hydrogen) atoms. The molecule has 0 unspecified atom stereocenters. The summed E-state index contributed by atoms with van der Waals surface area (Å²) < 4.78 is 100. The molecule has 6 nitrogen and oxygen atoms in total. The van der Waals surface area contributed by atoms with E-state index >= 15 is 4.39 Å². The minimum absolute atomic E-state index is 0.0439. The number of benzene rings is 2. The number of fused-ring (bicyclic) bond motifs is 3. The van der Waals surface area contributed by atoms with Gasteiger partial charge in [-0.25, -0.2) is 34.7 Å². The number of ether oxygens (including phenoxy) is 1. The largest absolute Gasteiger partial charge is 0.490 e. The first-order valence-electron chi connectivity index (χ1n) is 10.4. The van der Waals surface area contributed by atoms with Crippen LogP contribution in [0.15, 0.2) is 41.3 Å². The number of rotatable bonds is 6.